The molecule has 0 heterocycles. The molecule has 0 fully saturated rings. The lowest BCUT2D eigenvalue weighted by atomic mass is 10.2. The van der Waals surface area contributed by atoms with Crippen molar-refractivity contribution < 1.29 is 9.50 Å². The van der Waals surface area contributed by atoms with Crippen LogP contribution in [0.2, 0.25) is 5.02 Å². The molecule has 1 nitrogen and oxygen atoms in total. The van der Waals surface area contributed by atoms with Gasteiger partial charge in [-0.1, -0.05) is 41.9 Å². The molecule has 0 spiro atoms. The largest absolute Gasteiger partial charge is 0.392 e. The average Bonchev–Trinajstić information content (AvgIpc) is 2.40. The van der Waals surface area contributed by atoms with Gasteiger partial charge in [-0.2, -0.15) is 0 Å². The fourth-order valence-corrected chi connectivity index (χ4v) is 2.87. The van der Waals surface area contributed by atoms with Crippen molar-refractivity contribution in [1.29, 1.82) is 0 Å². The number of rotatable bonds is 4. The molecule has 0 aliphatic heterocycles. The molecule has 0 unspecified atom stereocenters. The first-order chi connectivity index (χ1) is 8.70. The summed E-state index contributed by atoms with van der Waals surface area (Å²) >= 11 is 7.56. The van der Waals surface area contributed by atoms with E-state index in [9.17, 15) is 4.39 Å². The predicted octanol–water partition coefficient (Wildman–Crippen LogP) is 4.26. The van der Waals surface area contributed by atoms with Crippen LogP contribution in [0.1, 0.15) is 11.1 Å². The van der Waals surface area contributed by atoms with Gasteiger partial charge in [0.2, 0.25) is 0 Å². The van der Waals surface area contributed by atoms with Gasteiger partial charge in [-0.25, -0.2) is 4.39 Å². The van der Waals surface area contributed by atoms with Crippen LogP contribution in [0.3, 0.4) is 0 Å². The topological polar surface area (TPSA) is 20.2 Å². The molecule has 0 aliphatic rings. The van der Waals surface area contributed by atoms with Crippen LogP contribution in [0.4, 0.5) is 4.39 Å². The lowest BCUT2D eigenvalue weighted by Gasteiger charge is -2.08. The van der Waals surface area contributed by atoms with E-state index in [0.717, 1.165) is 11.3 Å². The Morgan fingerprint density at radius 2 is 1.89 bits per heavy atom. The van der Waals surface area contributed by atoms with Crippen molar-refractivity contribution in [2.75, 3.05) is 0 Å². The van der Waals surface area contributed by atoms with E-state index < -0.39 is 0 Å². The number of benzene rings is 2. The summed E-state index contributed by atoms with van der Waals surface area (Å²) in [6.45, 7) is -0.254. The second kappa shape index (κ2) is 6.23. The van der Waals surface area contributed by atoms with Gasteiger partial charge in [-0.05, 0) is 17.7 Å². The van der Waals surface area contributed by atoms with Gasteiger partial charge >= 0.3 is 0 Å². The third-order valence-electron chi connectivity index (χ3n) is 2.49. The Morgan fingerprint density at radius 1 is 1.17 bits per heavy atom. The smallest absolute Gasteiger partial charge is 0.124 e. The minimum Gasteiger partial charge on any atom is -0.392 e. The van der Waals surface area contributed by atoms with Crippen LogP contribution < -0.4 is 0 Å². The molecule has 0 saturated carbocycles. The summed E-state index contributed by atoms with van der Waals surface area (Å²) in [7, 11) is 0. The number of hydrogen-bond acceptors (Lipinski definition) is 2. The lowest BCUT2D eigenvalue weighted by molar-refractivity contribution is 0.281. The maximum Gasteiger partial charge on any atom is 0.124 e. The summed E-state index contributed by atoms with van der Waals surface area (Å²) in [5.74, 6) is 0.341. The Balaban J connectivity index is 2.17. The first kappa shape index (κ1) is 13.4. The van der Waals surface area contributed by atoms with E-state index in [1.807, 2.05) is 30.3 Å². The van der Waals surface area contributed by atoms with Crippen LogP contribution in [0.25, 0.3) is 0 Å². The summed E-state index contributed by atoms with van der Waals surface area (Å²) in [5, 5.41) is 9.52. The zero-order valence-corrected chi connectivity index (χ0v) is 11.1. The average molecular weight is 283 g/mol. The SMILES string of the molecule is OCc1cc(F)cc(SCc2ccccc2)c1Cl. The van der Waals surface area contributed by atoms with Gasteiger partial charge in [-0.15, -0.1) is 11.8 Å². The predicted molar refractivity (Wildman–Crippen MR) is 73.3 cm³/mol. The van der Waals surface area contributed by atoms with Gasteiger partial charge in [0.1, 0.15) is 5.82 Å². The zero-order valence-electron chi connectivity index (χ0n) is 9.57. The van der Waals surface area contributed by atoms with Gasteiger partial charge in [0.15, 0.2) is 0 Å². The molecular formula is C14H12ClFOS. The molecule has 0 aliphatic carbocycles. The second-order valence-corrected chi connectivity index (χ2v) is 5.20. The Bertz CT molecular complexity index is 531. The van der Waals surface area contributed by atoms with E-state index in [1.54, 1.807) is 0 Å². The normalized spacial score (nSPS) is 10.6. The molecule has 2 aromatic carbocycles. The quantitative estimate of drug-likeness (QED) is 0.846. The van der Waals surface area contributed by atoms with E-state index in [2.05, 4.69) is 0 Å². The molecule has 0 saturated heterocycles. The van der Waals surface area contributed by atoms with Crippen molar-refractivity contribution in [3.8, 4) is 0 Å². The molecule has 0 amide bonds. The highest BCUT2D eigenvalue weighted by molar-refractivity contribution is 7.98. The summed E-state index contributed by atoms with van der Waals surface area (Å²) in [5.41, 5.74) is 1.57. The van der Waals surface area contributed by atoms with Crippen molar-refractivity contribution in [3.63, 3.8) is 0 Å². The van der Waals surface area contributed by atoms with Gasteiger partial charge in [0, 0.05) is 16.2 Å². The monoisotopic (exact) mass is 282 g/mol. The summed E-state index contributed by atoms with van der Waals surface area (Å²) < 4.78 is 13.3. The minimum absolute atomic E-state index is 0.254. The summed E-state index contributed by atoms with van der Waals surface area (Å²) in [6.07, 6.45) is 0. The van der Waals surface area contributed by atoms with Crippen molar-refractivity contribution in [2.45, 2.75) is 17.3 Å². The Labute approximate surface area is 115 Å². The standard InChI is InChI=1S/C14H12ClFOS/c15-14-11(8-17)6-12(16)7-13(14)18-9-10-4-2-1-3-5-10/h1-7,17H,8-9H2. The highest BCUT2D eigenvalue weighted by atomic mass is 35.5. The Kier molecular flexibility index (Phi) is 4.64. The number of aliphatic hydroxyl groups is 1. The number of thioether (sulfide) groups is 1. The molecular weight excluding hydrogens is 271 g/mol. The van der Waals surface area contributed by atoms with Crippen LogP contribution in [-0.4, -0.2) is 5.11 Å². The third-order valence-corrected chi connectivity index (χ3v) is 4.16. The first-order valence-corrected chi connectivity index (χ1v) is 6.82. The van der Waals surface area contributed by atoms with Crippen LogP contribution in [0.15, 0.2) is 47.4 Å². The van der Waals surface area contributed by atoms with Gasteiger partial charge < -0.3 is 5.11 Å². The lowest BCUT2D eigenvalue weighted by Crippen LogP contribution is -1.90. The van der Waals surface area contributed by atoms with E-state index in [1.165, 1.54) is 23.9 Å². The second-order valence-electron chi connectivity index (χ2n) is 3.81. The number of aliphatic hydroxyl groups excluding tert-OH is 1. The molecule has 0 aromatic heterocycles. The van der Waals surface area contributed by atoms with Gasteiger partial charge in [-0.3, -0.25) is 0 Å². The van der Waals surface area contributed by atoms with Crippen molar-refractivity contribution >= 4 is 23.4 Å². The van der Waals surface area contributed by atoms with Crippen LogP contribution in [-0.2, 0) is 12.4 Å². The summed E-state index contributed by atoms with van der Waals surface area (Å²) in [4.78, 5) is 0.657. The minimum atomic E-state index is -0.376. The van der Waals surface area contributed by atoms with Crippen LogP contribution in [0, 0.1) is 5.82 Å². The molecule has 4 heteroatoms. The van der Waals surface area contributed by atoms with Gasteiger partial charge in [0.25, 0.3) is 0 Å². The molecule has 18 heavy (non-hydrogen) atoms. The first-order valence-electron chi connectivity index (χ1n) is 5.46. The maximum atomic E-state index is 13.3. The van der Waals surface area contributed by atoms with Crippen LogP contribution in [0.5, 0.6) is 0 Å². The number of halogens is 2. The molecule has 2 rings (SSSR count). The maximum absolute atomic E-state index is 13.3. The van der Waals surface area contributed by atoms with E-state index in [4.69, 9.17) is 16.7 Å². The van der Waals surface area contributed by atoms with E-state index in [0.29, 0.717) is 15.5 Å². The molecule has 0 radical (unpaired) electrons. The number of hydrogen-bond donors (Lipinski definition) is 1. The van der Waals surface area contributed by atoms with Crippen LogP contribution >= 0.6 is 23.4 Å². The zero-order chi connectivity index (χ0) is 13.0. The Hall–Kier alpha value is -1.03. The summed E-state index contributed by atoms with van der Waals surface area (Å²) in [6, 6.07) is 12.5. The fourth-order valence-electron chi connectivity index (χ4n) is 1.57. The van der Waals surface area contributed by atoms with E-state index >= 15 is 0 Å². The molecule has 2 aromatic rings. The highest BCUT2D eigenvalue weighted by Crippen LogP contribution is 2.33. The molecule has 0 bridgehead atoms. The van der Waals surface area contributed by atoms with Crippen molar-refractivity contribution in [1.82, 2.24) is 0 Å². The third kappa shape index (κ3) is 3.25. The highest BCUT2D eigenvalue weighted by Gasteiger charge is 2.09. The molecule has 0 atom stereocenters. The molecule has 94 valence electrons. The van der Waals surface area contributed by atoms with Crippen molar-refractivity contribution in [3.05, 3.63) is 64.4 Å². The van der Waals surface area contributed by atoms with E-state index in [-0.39, 0.29) is 12.4 Å². The Morgan fingerprint density at radius 3 is 2.56 bits per heavy atom. The molecule has 1 N–H and O–H groups in total. The van der Waals surface area contributed by atoms with Gasteiger partial charge in [0.05, 0.1) is 11.6 Å². The van der Waals surface area contributed by atoms with Crippen molar-refractivity contribution in [2.24, 2.45) is 0 Å². The fraction of sp³-hybridized carbons (Fsp3) is 0.143.